The normalized spacial score (nSPS) is 13.9. The van der Waals surface area contributed by atoms with E-state index in [1.165, 1.54) is 24.3 Å². The molecule has 1 aromatic rings. The summed E-state index contributed by atoms with van der Waals surface area (Å²) in [7, 11) is -6.79. The van der Waals surface area contributed by atoms with Gasteiger partial charge in [0.05, 0.1) is 10.1 Å². The van der Waals surface area contributed by atoms with Crippen molar-refractivity contribution in [3.8, 4) is 0 Å². The average molecular weight is 334 g/mol. The first kappa shape index (κ1) is 17.9. The van der Waals surface area contributed by atoms with Gasteiger partial charge in [0.15, 0.2) is 9.84 Å². The van der Waals surface area contributed by atoms with Crippen LogP contribution in [0, 0.1) is 0 Å². The Morgan fingerprint density at radius 3 is 2.14 bits per heavy atom. The zero-order valence-corrected chi connectivity index (χ0v) is 14.1. The first-order valence-electron chi connectivity index (χ1n) is 6.69. The molecule has 1 rings (SSSR count). The van der Waals surface area contributed by atoms with Gasteiger partial charge < -0.3 is 5.32 Å². The Hall–Kier alpha value is -1.12. The van der Waals surface area contributed by atoms with Crippen molar-refractivity contribution < 1.29 is 16.8 Å². The highest BCUT2D eigenvalue weighted by molar-refractivity contribution is 7.93. The molecule has 0 amide bonds. The summed E-state index contributed by atoms with van der Waals surface area (Å²) >= 11 is 0. The van der Waals surface area contributed by atoms with E-state index in [0.29, 0.717) is 12.2 Å². The molecule has 6 nitrogen and oxygen atoms in total. The lowest BCUT2D eigenvalue weighted by Gasteiger charge is -2.15. The fourth-order valence-corrected chi connectivity index (χ4v) is 3.26. The van der Waals surface area contributed by atoms with Crippen LogP contribution in [0.5, 0.6) is 0 Å². The molecule has 0 saturated carbocycles. The van der Waals surface area contributed by atoms with Crippen LogP contribution in [0.3, 0.4) is 0 Å². The SMILES string of the molecule is CCCNCC(C)S(=O)(=O)Nc1ccc(S(C)(=O)=O)cc1. The molecule has 0 radical (unpaired) electrons. The largest absolute Gasteiger partial charge is 0.315 e. The van der Waals surface area contributed by atoms with E-state index in [0.717, 1.165) is 19.2 Å². The third-order valence-corrected chi connectivity index (χ3v) is 5.81. The Kier molecular flexibility index (Phi) is 6.18. The first-order valence-corrected chi connectivity index (χ1v) is 10.1. The van der Waals surface area contributed by atoms with Crippen molar-refractivity contribution in [3.63, 3.8) is 0 Å². The van der Waals surface area contributed by atoms with Crippen LogP contribution in [0.1, 0.15) is 20.3 Å². The summed E-state index contributed by atoms with van der Waals surface area (Å²) in [5.41, 5.74) is 0.352. The van der Waals surface area contributed by atoms with E-state index in [1.807, 2.05) is 6.92 Å². The molecule has 0 aliphatic carbocycles. The number of nitrogens with one attached hydrogen (secondary N) is 2. The monoisotopic (exact) mass is 334 g/mol. The highest BCUT2D eigenvalue weighted by Crippen LogP contribution is 2.16. The number of rotatable bonds is 8. The summed E-state index contributed by atoms with van der Waals surface area (Å²) < 4.78 is 49.3. The molecule has 8 heteroatoms. The number of benzene rings is 1. The summed E-state index contributed by atoms with van der Waals surface area (Å²) in [6.07, 6.45) is 2.04. The molecule has 0 aliphatic heterocycles. The van der Waals surface area contributed by atoms with Crippen molar-refractivity contribution in [2.45, 2.75) is 30.4 Å². The van der Waals surface area contributed by atoms with Gasteiger partial charge in [-0.1, -0.05) is 6.92 Å². The van der Waals surface area contributed by atoms with Crippen LogP contribution >= 0.6 is 0 Å². The van der Waals surface area contributed by atoms with E-state index >= 15 is 0 Å². The van der Waals surface area contributed by atoms with Gasteiger partial charge in [0.2, 0.25) is 10.0 Å². The molecule has 0 aromatic heterocycles. The Labute approximate surface area is 126 Å². The van der Waals surface area contributed by atoms with Gasteiger partial charge in [-0.3, -0.25) is 4.72 Å². The lowest BCUT2D eigenvalue weighted by Crippen LogP contribution is -2.35. The maximum absolute atomic E-state index is 12.1. The topological polar surface area (TPSA) is 92.3 Å². The molecule has 0 aliphatic rings. The van der Waals surface area contributed by atoms with E-state index in [9.17, 15) is 16.8 Å². The van der Waals surface area contributed by atoms with Gasteiger partial charge in [0, 0.05) is 18.5 Å². The van der Waals surface area contributed by atoms with Crippen LogP contribution in [-0.2, 0) is 19.9 Å². The molecular formula is C13H22N2O4S2. The molecule has 1 atom stereocenters. The quantitative estimate of drug-likeness (QED) is 0.697. The fourth-order valence-electron chi connectivity index (χ4n) is 1.63. The van der Waals surface area contributed by atoms with Crippen molar-refractivity contribution in [1.82, 2.24) is 5.32 Å². The van der Waals surface area contributed by atoms with Crippen LogP contribution in [0.25, 0.3) is 0 Å². The Balaban J connectivity index is 2.75. The molecule has 120 valence electrons. The molecular weight excluding hydrogens is 312 g/mol. The molecule has 0 bridgehead atoms. The highest BCUT2D eigenvalue weighted by atomic mass is 32.2. The fraction of sp³-hybridized carbons (Fsp3) is 0.538. The Bertz CT molecular complexity index is 652. The van der Waals surface area contributed by atoms with Crippen molar-refractivity contribution in [3.05, 3.63) is 24.3 Å². The molecule has 2 N–H and O–H groups in total. The maximum Gasteiger partial charge on any atom is 0.236 e. The number of hydrogen-bond donors (Lipinski definition) is 2. The summed E-state index contributed by atoms with van der Waals surface area (Å²) in [6.45, 7) is 4.76. The van der Waals surface area contributed by atoms with Crippen molar-refractivity contribution in [2.75, 3.05) is 24.1 Å². The third kappa shape index (κ3) is 5.64. The van der Waals surface area contributed by atoms with Gasteiger partial charge in [-0.25, -0.2) is 16.8 Å². The standard InChI is InChI=1S/C13H22N2O4S2/c1-4-9-14-10-11(2)21(18,19)15-12-5-7-13(8-6-12)20(3,16)17/h5-8,11,14-15H,4,9-10H2,1-3H3. The summed E-state index contributed by atoms with van der Waals surface area (Å²) in [4.78, 5) is 0.156. The van der Waals surface area contributed by atoms with Gasteiger partial charge in [-0.2, -0.15) is 0 Å². The molecule has 1 unspecified atom stereocenters. The minimum Gasteiger partial charge on any atom is -0.315 e. The molecule has 0 fully saturated rings. The zero-order valence-electron chi connectivity index (χ0n) is 12.5. The molecule has 0 spiro atoms. The number of hydrogen-bond acceptors (Lipinski definition) is 5. The van der Waals surface area contributed by atoms with Crippen LogP contribution in [0.4, 0.5) is 5.69 Å². The minimum atomic E-state index is -3.50. The first-order chi connectivity index (χ1) is 9.66. The smallest absolute Gasteiger partial charge is 0.236 e. The van der Waals surface area contributed by atoms with E-state index in [1.54, 1.807) is 6.92 Å². The third-order valence-electron chi connectivity index (χ3n) is 2.93. The minimum absolute atomic E-state index is 0.156. The van der Waals surface area contributed by atoms with Gasteiger partial charge in [0.25, 0.3) is 0 Å². The maximum atomic E-state index is 12.1. The zero-order chi connectivity index (χ0) is 16.1. The Morgan fingerprint density at radius 1 is 1.10 bits per heavy atom. The molecule has 1 aromatic carbocycles. The predicted molar refractivity (Wildman–Crippen MR) is 84.7 cm³/mol. The van der Waals surface area contributed by atoms with E-state index < -0.39 is 25.1 Å². The second kappa shape index (κ2) is 7.24. The van der Waals surface area contributed by atoms with Gasteiger partial charge in [-0.15, -0.1) is 0 Å². The Morgan fingerprint density at radius 2 is 1.67 bits per heavy atom. The highest BCUT2D eigenvalue weighted by Gasteiger charge is 2.20. The van der Waals surface area contributed by atoms with Gasteiger partial charge in [0.1, 0.15) is 0 Å². The lowest BCUT2D eigenvalue weighted by molar-refractivity contribution is 0.575. The van der Waals surface area contributed by atoms with Crippen molar-refractivity contribution >= 4 is 25.5 Å². The summed E-state index contributed by atoms with van der Waals surface area (Å²) in [5.74, 6) is 0. The number of anilines is 1. The second-order valence-electron chi connectivity index (χ2n) is 4.96. The average Bonchev–Trinajstić information content (AvgIpc) is 2.38. The van der Waals surface area contributed by atoms with Gasteiger partial charge >= 0.3 is 0 Å². The molecule has 0 saturated heterocycles. The van der Waals surface area contributed by atoms with Crippen LogP contribution in [0.15, 0.2) is 29.2 Å². The lowest BCUT2D eigenvalue weighted by atomic mass is 10.3. The molecule has 0 heterocycles. The van der Waals surface area contributed by atoms with Gasteiger partial charge in [-0.05, 0) is 44.2 Å². The number of sulfone groups is 1. The predicted octanol–water partition coefficient (Wildman–Crippen LogP) is 1.22. The van der Waals surface area contributed by atoms with Crippen LogP contribution in [0.2, 0.25) is 0 Å². The summed E-state index contributed by atoms with van der Waals surface area (Å²) in [5, 5.41) is 2.47. The van der Waals surface area contributed by atoms with Crippen LogP contribution < -0.4 is 10.0 Å². The van der Waals surface area contributed by atoms with Crippen molar-refractivity contribution in [2.24, 2.45) is 0 Å². The summed E-state index contributed by atoms with van der Waals surface area (Å²) in [6, 6.07) is 5.65. The van der Waals surface area contributed by atoms with E-state index in [2.05, 4.69) is 10.0 Å². The second-order valence-corrected chi connectivity index (χ2v) is 9.07. The molecule has 21 heavy (non-hydrogen) atoms. The van der Waals surface area contributed by atoms with E-state index in [-0.39, 0.29) is 4.90 Å². The van der Waals surface area contributed by atoms with Crippen LogP contribution in [-0.4, -0.2) is 41.4 Å². The van der Waals surface area contributed by atoms with Crippen molar-refractivity contribution in [1.29, 1.82) is 0 Å². The van der Waals surface area contributed by atoms with E-state index in [4.69, 9.17) is 0 Å². The number of sulfonamides is 1.